The molecule has 2 rings (SSSR count). The highest BCUT2D eigenvalue weighted by Crippen LogP contribution is 2.31. The van der Waals surface area contributed by atoms with Crippen LogP contribution in [0.2, 0.25) is 0 Å². The third kappa shape index (κ3) is 3.46. The van der Waals surface area contributed by atoms with Gasteiger partial charge in [-0.05, 0) is 49.2 Å². The average Bonchev–Trinajstić information content (AvgIpc) is 2.94. The Morgan fingerprint density at radius 1 is 1.56 bits per heavy atom. The summed E-state index contributed by atoms with van der Waals surface area (Å²) >= 11 is 1.70. The quantitative estimate of drug-likeness (QED) is 0.894. The van der Waals surface area contributed by atoms with Crippen molar-refractivity contribution < 1.29 is 4.79 Å². The molecule has 1 fully saturated rings. The van der Waals surface area contributed by atoms with Crippen LogP contribution in [0.3, 0.4) is 0 Å². The Morgan fingerprint density at radius 3 is 2.94 bits per heavy atom. The SMILES string of the molecule is Cc1ccsc1CNC(=O)[C@@H]1CCC[C@@H]1CN.Cl. The van der Waals surface area contributed by atoms with Crippen molar-refractivity contribution in [3.63, 3.8) is 0 Å². The van der Waals surface area contributed by atoms with Crippen molar-refractivity contribution in [1.29, 1.82) is 0 Å². The molecule has 1 amide bonds. The molecule has 0 spiro atoms. The molecule has 0 bridgehead atoms. The van der Waals surface area contributed by atoms with Gasteiger partial charge in [-0.15, -0.1) is 23.7 Å². The number of carbonyl (C=O) groups is 1. The first-order chi connectivity index (χ1) is 8.22. The van der Waals surface area contributed by atoms with E-state index >= 15 is 0 Å². The van der Waals surface area contributed by atoms with Crippen LogP contribution in [0, 0.1) is 18.8 Å². The first-order valence-electron chi connectivity index (χ1n) is 6.23. The van der Waals surface area contributed by atoms with Gasteiger partial charge in [0.15, 0.2) is 0 Å². The molecule has 18 heavy (non-hydrogen) atoms. The Morgan fingerprint density at radius 2 is 2.33 bits per heavy atom. The summed E-state index contributed by atoms with van der Waals surface area (Å²) in [6.07, 6.45) is 3.24. The normalized spacial score (nSPS) is 22.6. The van der Waals surface area contributed by atoms with Gasteiger partial charge in [-0.1, -0.05) is 6.42 Å². The molecule has 102 valence electrons. The summed E-state index contributed by atoms with van der Waals surface area (Å²) < 4.78 is 0. The minimum absolute atomic E-state index is 0. The number of hydrogen-bond donors (Lipinski definition) is 2. The number of carbonyl (C=O) groups excluding carboxylic acids is 1. The molecule has 0 radical (unpaired) electrons. The standard InChI is InChI=1S/C13H20N2OS.ClH/c1-9-5-6-17-12(9)8-15-13(16)11-4-2-3-10(11)7-14;/h5-6,10-11H,2-4,7-8,14H2,1H3,(H,15,16);1H/t10-,11-;/m1./s1. The largest absolute Gasteiger partial charge is 0.351 e. The maximum atomic E-state index is 12.1. The molecular formula is C13H21ClN2OS. The van der Waals surface area contributed by atoms with E-state index in [1.807, 2.05) is 0 Å². The first-order valence-corrected chi connectivity index (χ1v) is 7.11. The molecule has 1 aliphatic rings. The van der Waals surface area contributed by atoms with Crippen LogP contribution in [0.25, 0.3) is 0 Å². The summed E-state index contributed by atoms with van der Waals surface area (Å²) in [5.41, 5.74) is 6.96. The minimum Gasteiger partial charge on any atom is -0.351 e. The van der Waals surface area contributed by atoms with Gasteiger partial charge in [0.05, 0.1) is 6.54 Å². The van der Waals surface area contributed by atoms with Crippen molar-refractivity contribution in [1.82, 2.24) is 5.32 Å². The Bertz CT molecular complexity index is 394. The molecule has 5 heteroatoms. The fourth-order valence-electron chi connectivity index (χ4n) is 2.55. The van der Waals surface area contributed by atoms with Crippen LogP contribution in [0.4, 0.5) is 0 Å². The van der Waals surface area contributed by atoms with Gasteiger partial charge in [0.1, 0.15) is 0 Å². The van der Waals surface area contributed by atoms with E-state index in [0.29, 0.717) is 19.0 Å². The summed E-state index contributed by atoms with van der Waals surface area (Å²) in [6, 6.07) is 2.09. The van der Waals surface area contributed by atoms with E-state index in [9.17, 15) is 4.79 Å². The van der Waals surface area contributed by atoms with Gasteiger partial charge >= 0.3 is 0 Å². The molecule has 0 aliphatic heterocycles. The molecule has 1 aliphatic carbocycles. The Balaban J connectivity index is 0.00000162. The third-order valence-electron chi connectivity index (χ3n) is 3.69. The molecule has 1 aromatic rings. The van der Waals surface area contributed by atoms with E-state index in [1.54, 1.807) is 11.3 Å². The summed E-state index contributed by atoms with van der Waals surface area (Å²) in [5, 5.41) is 5.11. The highest BCUT2D eigenvalue weighted by Gasteiger charge is 2.31. The lowest BCUT2D eigenvalue weighted by Crippen LogP contribution is -2.34. The second-order valence-electron chi connectivity index (χ2n) is 4.78. The van der Waals surface area contributed by atoms with E-state index in [1.165, 1.54) is 10.4 Å². The second-order valence-corrected chi connectivity index (χ2v) is 5.78. The zero-order valence-electron chi connectivity index (χ0n) is 10.6. The number of thiophene rings is 1. The predicted molar refractivity (Wildman–Crippen MR) is 78.0 cm³/mol. The van der Waals surface area contributed by atoms with Crippen molar-refractivity contribution in [2.24, 2.45) is 17.6 Å². The summed E-state index contributed by atoms with van der Waals surface area (Å²) in [4.78, 5) is 13.3. The number of rotatable bonds is 4. The van der Waals surface area contributed by atoms with Gasteiger partial charge in [0, 0.05) is 10.8 Å². The van der Waals surface area contributed by atoms with Gasteiger partial charge in [-0.3, -0.25) is 4.79 Å². The van der Waals surface area contributed by atoms with Crippen molar-refractivity contribution in [2.75, 3.05) is 6.54 Å². The van der Waals surface area contributed by atoms with Gasteiger partial charge in [-0.2, -0.15) is 0 Å². The highest BCUT2D eigenvalue weighted by molar-refractivity contribution is 7.10. The molecule has 1 aromatic heterocycles. The van der Waals surface area contributed by atoms with E-state index in [0.717, 1.165) is 19.3 Å². The Hall–Kier alpha value is -0.580. The Labute approximate surface area is 119 Å². The number of aryl methyl sites for hydroxylation is 1. The predicted octanol–water partition coefficient (Wildman–Crippen LogP) is 2.47. The van der Waals surface area contributed by atoms with Gasteiger partial charge in [-0.25, -0.2) is 0 Å². The molecule has 0 unspecified atom stereocenters. The van der Waals surface area contributed by atoms with Crippen LogP contribution in [0.5, 0.6) is 0 Å². The molecule has 1 heterocycles. The molecule has 3 N–H and O–H groups in total. The zero-order chi connectivity index (χ0) is 12.3. The number of amides is 1. The van der Waals surface area contributed by atoms with Crippen LogP contribution in [0.15, 0.2) is 11.4 Å². The van der Waals surface area contributed by atoms with Crippen LogP contribution in [-0.4, -0.2) is 12.5 Å². The van der Waals surface area contributed by atoms with Crippen LogP contribution < -0.4 is 11.1 Å². The molecule has 0 saturated heterocycles. The van der Waals surface area contributed by atoms with Crippen LogP contribution >= 0.6 is 23.7 Å². The topological polar surface area (TPSA) is 55.1 Å². The number of hydrogen-bond acceptors (Lipinski definition) is 3. The fraction of sp³-hybridized carbons (Fsp3) is 0.615. The maximum Gasteiger partial charge on any atom is 0.223 e. The van der Waals surface area contributed by atoms with E-state index < -0.39 is 0 Å². The second kappa shape index (κ2) is 7.12. The molecular weight excluding hydrogens is 268 g/mol. The van der Waals surface area contributed by atoms with Crippen LogP contribution in [0.1, 0.15) is 29.7 Å². The Kier molecular flexibility index (Phi) is 6.12. The van der Waals surface area contributed by atoms with Gasteiger partial charge < -0.3 is 11.1 Å². The highest BCUT2D eigenvalue weighted by atomic mass is 35.5. The number of nitrogens with two attached hydrogens (primary N) is 1. The van der Waals surface area contributed by atoms with Crippen molar-refractivity contribution in [3.05, 3.63) is 21.9 Å². The number of halogens is 1. The lowest BCUT2D eigenvalue weighted by Gasteiger charge is -2.17. The lowest BCUT2D eigenvalue weighted by atomic mass is 9.95. The molecule has 2 atom stereocenters. The van der Waals surface area contributed by atoms with Gasteiger partial charge in [0.2, 0.25) is 5.91 Å². The summed E-state index contributed by atoms with van der Waals surface area (Å²) in [5.74, 6) is 0.713. The van der Waals surface area contributed by atoms with E-state index in [2.05, 4.69) is 23.7 Å². The summed E-state index contributed by atoms with van der Waals surface area (Å²) in [6.45, 7) is 3.38. The molecule has 3 nitrogen and oxygen atoms in total. The van der Waals surface area contributed by atoms with E-state index in [-0.39, 0.29) is 24.2 Å². The van der Waals surface area contributed by atoms with Crippen molar-refractivity contribution in [2.45, 2.75) is 32.7 Å². The smallest absolute Gasteiger partial charge is 0.223 e. The van der Waals surface area contributed by atoms with Gasteiger partial charge in [0.25, 0.3) is 0 Å². The monoisotopic (exact) mass is 288 g/mol. The molecule has 0 aromatic carbocycles. The molecule has 1 saturated carbocycles. The summed E-state index contributed by atoms with van der Waals surface area (Å²) in [7, 11) is 0. The maximum absolute atomic E-state index is 12.1. The minimum atomic E-state index is 0. The van der Waals surface area contributed by atoms with E-state index in [4.69, 9.17) is 5.73 Å². The average molecular weight is 289 g/mol. The fourth-order valence-corrected chi connectivity index (χ4v) is 3.39. The lowest BCUT2D eigenvalue weighted by molar-refractivity contribution is -0.126. The zero-order valence-corrected chi connectivity index (χ0v) is 12.3. The van der Waals surface area contributed by atoms with Crippen molar-refractivity contribution in [3.8, 4) is 0 Å². The van der Waals surface area contributed by atoms with Crippen molar-refractivity contribution >= 4 is 29.7 Å². The number of nitrogens with one attached hydrogen (secondary N) is 1. The van der Waals surface area contributed by atoms with Crippen LogP contribution in [-0.2, 0) is 11.3 Å². The first kappa shape index (κ1) is 15.5. The third-order valence-corrected chi connectivity index (χ3v) is 4.71.